The van der Waals surface area contributed by atoms with Crippen molar-refractivity contribution >= 4 is 5.69 Å². The van der Waals surface area contributed by atoms with Crippen molar-refractivity contribution in [3.05, 3.63) is 47.3 Å². The topological polar surface area (TPSA) is 36.3 Å². The largest absolute Gasteiger partial charge is 0.416 e. The van der Waals surface area contributed by atoms with Gasteiger partial charge in [0, 0.05) is 57.2 Å². The van der Waals surface area contributed by atoms with Gasteiger partial charge in [-0.2, -0.15) is 18.3 Å². The minimum absolute atomic E-state index is 0.424. The zero-order valence-corrected chi connectivity index (χ0v) is 18.8. The normalized spacial score (nSPS) is 15.8. The monoisotopic (exact) mass is 437 g/mol. The first kappa shape index (κ1) is 23.6. The van der Waals surface area contributed by atoms with Crippen LogP contribution in [0.1, 0.15) is 49.4 Å². The summed E-state index contributed by atoms with van der Waals surface area (Å²) in [4.78, 5) is 4.45. The SMILES string of the molecule is CC(C)c1nn(C)cc1CNCCCCN1CCN(c2cccc(C(F)(F)F)c2)CC1. The number of benzene rings is 1. The first-order valence-electron chi connectivity index (χ1n) is 11.1. The van der Waals surface area contributed by atoms with Crippen LogP contribution in [0.15, 0.2) is 30.5 Å². The van der Waals surface area contributed by atoms with Gasteiger partial charge in [0.1, 0.15) is 0 Å². The predicted octanol–water partition coefficient (Wildman–Crippen LogP) is 4.25. The maximum absolute atomic E-state index is 12.9. The molecule has 1 N–H and O–H groups in total. The molecule has 8 heteroatoms. The van der Waals surface area contributed by atoms with Crippen LogP contribution >= 0.6 is 0 Å². The van der Waals surface area contributed by atoms with E-state index < -0.39 is 11.7 Å². The lowest BCUT2D eigenvalue weighted by molar-refractivity contribution is -0.137. The van der Waals surface area contributed by atoms with Crippen LogP contribution < -0.4 is 10.2 Å². The molecule has 2 aromatic rings. The number of hydrogen-bond donors (Lipinski definition) is 1. The third-order valence-electron chi connectivity index (χ3n) is 5.79. The fourth-order valence-electron chi connectivity index (χ4n) is 4.09. The lowest BCUT2D eigenvalue weighted by Gasteiger charge is -2.36. The van der Waals surface area contributed by atoms with Crippen molar-refractivity contribution in [2.75, 3.05) is 44.2 Å². The molecule has 0 spiro atoms. The summed E-state index contributed by atoms with van der Waals surface area (Å²) >= 11 is 0. The quantitative estimate of drug-likeness (QED) is 0.595. The van der Waals surface area contributed by atoms with Crippen molar-refractivity contribution < 1.29 is 13.2 Å². The lowest BCUT2D eigenvalue weighted by atomic mass is 10.1. The number of halogens is 3. The summed E-state index contributed by atoms with van der Waals surface area (Å²) in [6, 6.07) is 5.65. The van der Waals surface area contributed by atoms with Crippen molar-refractivity contribution in [1.29, 1.82) is 0 Å². The van der Waals surface area contributed by atoms with Crippen LogP contribution in [0.2, 0.25) is 0 Å². The third-order valence-corrected chi connectivity index (χ3v) is 5.79. The summed E-state index contributed by atoms with van der Waals surface area (Å²) in [5, 5.41) is 8.06. The van der Waals surface area contributed by atoms with E-state index in [4.69, 9.17) is 0 Å². The van der Waals surface area contributed by atoms with Gasteiger partial charge in [-0.3, -0.25) is 9.58 Å². The molecule has 0 saturated carbocycles. The molecule has 2 heterocycles. The van der Waals surface area contributed by atoms with Gasteiger partial charge in [0.25, 0.3) is 0 Å². The Labute approximate surface area is 183 Å². The van der Waals surface area contributed by atoms with Crippen molar-refractivity contribution in [3.63, 3.8) is 0 Å². The number of piperazine rings is 1. The van der Waals surface area contributed by atoms with Crippen LogP contribution in [0.25, 0.3) is 0 Å². The van der Waals surface area contributed by atoms with E-state index in [9.17, 15) is 13.2 Å². The van der Waals surface area contributed by atoms with E-state index in [1.165, 1.54) is 17.7 Å². The zero-order valence-electron chi connectivity index (χ0n) is 18.8. The number of alkyl halides is 3. The van der Waals surface area contributed by atoms with E-state index in [0.29, 0.717) is 11.6 Å². The Kier molecular flexibility index (Phi) is 8.00. The van der Waals surface area contributed by atoms with Crippen molar-refractivity contribution in [1.82, 2.24) is 20.0 Å². The van der Waals surface area contributed by atoms with Gasteiger partial charge in [-0.15, -0.1) is 0 Å². The highest BCUT2D eigenvalue weighted by molar-refractivity contribution is 5.49. The Bertz CT molecular complexity index is 823. The lowest BCUT2D eigenvalue weighted by Crippen LogP contribution is -2.46. The molecule has 1 aliphatic rings. The minimum atomic E-state index is -4.29. The van der Waals surface area contributed by atoms with Gasteiger partial charge in [-0.05, 0) is 50.0 Å². The molecule has 5 nitrogen and oxygen atoms in total. The highest BCUT2D eigenvalue weighted by atomic mass is 19.4. The molecule has 1 aromatic carbocycles. The van der Waals surface area contributed by atoms with E-state index in [1.807, 2.05) is 16.6 Å². The van der Waals surface area contributed by atoms with Crippen LogP contribution in [0.5, 0.6) is 0 Å². The Morgan fingerprint density at radius 1 is 1.10 bits per heavy atom. The molecule has 3 rings (SSSR count). The second-order valence-corrected chi connectivity index (χ2v) is 8.63. The summed E-state index contributed by atoms with van der Waals surface area (Å²) in [6.07, 6.45) is 0.0111. The molecule has 0 bridgehead atoms. The first-order chi connectivity index (χ1) is 14.7. The average Bonchev–Trinajstić information content (AvgIpc) is 3.11. The second kappa shape index (κ2) is 10.5. The van der Waals surface area contributed by atoms with Crippen LogP contribution in [0.3, 0.4) is 0 Å². The standard InChI is InChI=1S/C23H34F3N5/c1-18(2)22-19(17-29(3)28-22)16-27-9-4-5-10-30-11-13-31(14-12-30)21-8-6-7-20(15-21)23(24,25)26/h6-8,15,17-18,27H,4-5,9-14,16H2,1-3H3. The zero-order chi connectivity index (χ0) is 22.4. The molecule has 0 atom stereocenters. The first-order valence-corrected chi connectivity index (χ1v) is 11.1. The number of unbranched alkanes of at least 4 members (excludes halogenated alkanes) is 1. The maximum atomic E-state index is 12.9. The van der Waals surface area contributed by atoms with Gasteiger partial charge in [0.2, 0.25) is 0 Å². The summed E-state index contributed by atoms with van der Waals surface area (Å²) in [7, 11) is 1.96. The molecular formula is C23H34F3N5. The smallest absolute Gasteiger partial charge is 0.369 e. The van der Waals surface area contributed by atoms with Gasteiger partial charge in [0.05, 0.1) is 11.3 Å². The summed E-state index contributed by atoms with van der Waals surface area (Å²) in [5.41, 5.74) is 2.51. The molecule has 1 aromatic heterocycles. The molecule has 0 radical (unpaired) electrons. The molecule has 1 aliphatic heterocycles. The number of rotatable bonds is 9. The molecule has 31 heavy (non-hydrogen) atoms. The molecule has 1 saturated heterocycles. The number of aromatic nitrogens is 2. The highest BCUT2D eigenvalue weighted by Crippen LogP contribution is 2.31. The molecule has 0 unspecified atom stereocenters. The number of nitrogens with one attached hydrogen (secondary N) is 1. The Morgan fingerprint density at radius 2 is 1.84 bits per heavy atom. The van der Waals surface area contributed by atoms with E-state index in [2.05, 4.69) is 35.4 Å². The minimum Gasteiger partial charge on any atom is -0.369 e. The average molecular weight is 438 g/mol. The van der Waals surface area contributed by atoms with Gasteiger partial charge in [-0.25, -0.2) is 0 Å². The van der Waals surface area contributed by atoms with E-state index in [1.54, 1.807) is 6.07 Å². The number of anilines is 1. The number of hydrogen-bond acceptors (Lipinski definition) is 4. The number of aryl methyl sites for hydroxylation is 1. The number of nitrogens with zero attached hydrogens (tertiary/aromatic N) is 4. The molecule has 0 amide bonds. The third kappa shape index (κ3) is 6.71. The Hall–Kier alpha value is -2.06. The predicted molar refractivity (Wildman–Crippen MR) is 118 cm³/mol. The molecule has 1 fully saturated rings. The molecule has 0 aliphatic carbocycles. The summed E-state index contributed by atoms with van der Waals surface area (Å²) < 4.78 is 40.7. The Balaban J connectivity index is 1.33. The summed E-state index contributed by atoms with van der Waals surface area (Å²) in [5.74, 6) is 0.424. The molecular weight excluding hydrogens is 403 g/mol. The van der Waals surface area contributed by atoms with Crippen molar-refractivity contribution in [3.8, 4) is 0 Å². The molecule has 172 valence electrons. The second-order valence-electron chi connectivity index (χ2n) is 8.63. The van der Waals surface area contributed by atoms with Crippen molar-refractivity contribution in [2.24, 2.45) is 7.05 Å². The van der Waals surface area contributed by atoms with E-state index >= 15 is 0 Å². The highest BCUT2D eigenvalue weighted by Gasteiger charge is 2.31. The maximum Gasteiger partial charge on any atom is 0.416 e. The fraction of sp³-hybridized carbons (Fsp3) is 0.609. The van der Waals surface area contributed by atoms with Crippen LogP contribution in [-0.4, -0.2) is 53.9 Å². The van der Waals surface area contributed by atoms with Gasteiger partial charge >= 0.3 is 6.18 Å². The van der Waals surface area contributed by atoms with E-state index in [-0.39, 0.29) is 0 Å². The van der Waals surface area contributed by atoms with Crippen LogP contribution in [0.4, 0.5) is 18.9 Å². The van der Waals surface area contributed by atoms with Crippen LogP contribution in [-0.2, 0) is 19.8 Å². The van der Waals surface area contributed by atoms with Gasteiger partial charge in [0.15, 0.2) is 0 Å². The van der Waals surface area contributed by atoms with Gasteiger partial charge < -0.3 is 10.2 Å². The Morgan fingerprint density at radius 3 is 2.52 bits per heavy atom. The van der Waals surface area contributed by atoms with E-state index in [0.717, 1.165) is 70.4 Å². The summed E-state index contributed by atoms with van der Waals surface area (Å²) in [6.45, 7) is 10.5. The van der Waals surface area contributed by atoms with Crippen LogP contribution in [0, 0.1) is 0 Å². The van der Waals surface area contributed by atoms with Gasteiger partial charge in [-0.1, -0.05) is 19.9 Å². The van der Waals surface area contributed by atoms with Crippen molar-refractivity contribution in [2.45, 2.75) is 45.3 Å². The fourth-order valence-corrected chi connectivity index (χ4v) is 4.09.